The fourth-order valence-corrected chi connectivity index (χ4v) is 8.67. The van der Waals surface area contributed by atoms with E-state index in [1.807, 2.05) is 12.2 Å². The Morgan fingerprint density at radius 2 is 0.956 bits per heavy atom. The predicted octanol–water partition coefficient (Wildman–Crippen LogP) is 12.9. The Morgan fingerprint density at radius 1 is 0.559 bits per heavy atom. The van der Waals surface area contributed by atoms with Gasteiger partial charge in [0.1, 0.15) is 30.5 Å². The Kier molecular flexibility index (Phi) is 43.1. The summed E-state index contributed by atoms with van der Waals surface area (Å²) < 4.78 is 59.1. The van der Waals surface area contributed by atoms with Crippen LogP contribution in [-0.2, 0) is 38.3 Å². The molecule has 0 saturated carbocycles. The lowest BCUT2D eigenvalue weighted by Gasteiger charge is -2.41. The average Bonchev–Trinajstić information content (AvgIpc) is 3.31. The fraction of sp³-hybridized carbons (Fsp3) is 0.800. The fourth-order valence-electron chi connectivity index (χ4n) is 8.16. The van der Waals surface area contributed by atoms with Crippen LogP contribution in [0.3, 0.4) is 0 Å². The molecule has 396 valence electrons. The van der Waals surface area contributed by atoms with E-state index in [4.69, 9.17) is 18.9 Å². The second kappa shape index (κ2) is 45.9. The van der Waals surface area contributed by atoms with Gasteiger partial charge < -0.3 is 34.3 Å². The molecule has 0 bridgehead atoms. The molecule has 6 unspecified atom stereocenters. The summed E-state index contributed by atoms with van der Waals surface area (Å²) in [5.74, 6) is -0.523. The Balaban J connectivity index is 2.31. The van der Waals surface area contributed by atoms with Crippen LogP contribution in [-0.4, -0.2) is 97.5 Å². The second-order valence-corrected chi connectivity index (χ2v) is 19.5. The van der Waals surface area contributed by atoms with E-state index in [9.17, 15) is 33.1 Å². The number of rotatable bonds is 47. The predicted molar refractivity (Wildman–Crippen MR) is 276 cm³/mol. The molecule has 1 saturated heterocycles. The van der Waals surface area contributed by atoms with Gasteiger partial charge in [-0.1, -0.05) is 235 Å². The van der Waals surface area contributed by atoms with Crippen LogP contribution < -0.4 is 0 Å². The maximum atomic E-state index is 12.8. The van der Waals surface area contributed by atoms with Crippen molar-refractivity contribution in [2.45, 2.75) is 256 Å². The zero-order valence-electron chi connectivity index (χ0n) is 42.7. The summed E-state index contributed by atoms with van der Waals surface area (Å²) >= 11 is 0. The number of ether oxygens (including phenoxy) is 4. The van der Waals surface area contributed by atoms with Gasteiger partial charge in [-0.25, -0.2) is 4.18 Å². The van der Waals surface area contributed by atoms with Gasteiger partial charge in [0.2, 0.25) is 0 Å². The van der Waals surface area contributed by atoms with E-state index in [1.165, 1.54) is 148 Å². The minimum atomic E-state index is -5.08. The molecule has 0 aromatic carbocycles. The van der Waals surface area contributed by atoms with E-state index in [1.54, 1.807) is 6.08 Å². The van der Waals surface area contributed by atoms with Crippen LogP contribution in [0.5, 0.6) is 0 Å². The van der Waals surface area contributed by atoms with Crippen molar-refractivity contribution in [2.75, 3.05) is 26.4 Å². The molecule has 12 nitrogen and oxygen atoms in total. The number of hydrogen-bond donors (Lipinski definition) is 4. The molecular formula is C55H98O12S. The molecule has 0 amide bonds. The van der Waals surface area contributed by atoms with E-state index < -0.39 is 59.8 Å². The van der Waals surface area contributed by atoms with Crippen LogP contribution in [0.2, 0.25) is 0 Å². The van der Waals surface area contributed by atoms with E-state index in [0.29, 0.717) is 13.0 Å². The van der Waals surface area contributed by atoms with Crippen molar-refractivity contribution in [1.29, 1.82) is 0 Å². The van der Waals surface area contributed by atoms with Crippen LogP contribution in [0, 0.1) is 0 Å². The van der Waals surface area contributed by atoms with E-state index in [0.717, 1.165) is 44.9 Å². The Labute approximate surface area is 414 Å². The summed E-state index contributed by atoms with van der Waals surface area (Å²) in [5, 5.41) is 30.7. The molecule has 0 aromatic rings. The van der Waals surface area contributed by atoms with Gasteiger partial charge in [-0.15, -0.1) is 0 Å². The highest BCUT2D eigenvalue weighted by Crippen LogP contribution is 2.26. The number of unbranched alkanes of at least 4 members (excludes halogenated alkanes) is 25. The molecule has 0 aromatic heterocycles. The smallest absolute Gasteiger partial charge is 0.397 e. The largest absolute Gasteiger partial charge is 0.457 e. The first-order valence-electron chi connectivity index (χ1n) is 27.0. The SMILES string of the molecule is CC/C=C\C/C=C\C/C=C\C/C=C\C/C=C\CC(=O)OC(COCCCCCCCCCCCCCCCCCCCCCCCCCCCC)COC1OC(CO)C(O)C(OS(=O)(=O)O)C1O. The molecule has 1 aliphatic rings. The Hall–Kier alpha value is -2.20. The van der Waals surface area contributed by atoms with Crippen LogP contribution in [0.25, 0.3) is 0 Å². The average molecular weight is 983 g/mol. The van der Waals surface area contributed by atoms with Crippen LogP contribution in [0.1, 0.15) is 219 Å². The van der Waals surface area contributed by atoms with Gasteiger partial charge in [0.25, 0.3) is 0 Å². The standard InChI is InChI=1S/C55H98O12S/c1-3-5-7-9-11-13-15-17-19-20-21-22-23-24-25-26-27-28-29-31-33-35-37-39-41-43-45-63-47-49(48-64-55-53(59)54(67-68(60,61)62)52(58)50(46-56)66-55)65-51(57)44-42-40-38-36-34-32-30-18-16-14-12-10-8-6-4-2/h6,8,12,14,18,30,34,36,40,42,49-50,52-56,58-59H,3-5,7,9-11,13,15-17,19-29,31-33,35,37-39,41,43-48H2,1-2H3,(H,60,61,62)/b8-6-,14-12-,30-18-,36-34-,42-40-. The molecule has 68 heavy (non-hydrogen) atoms. The number of aliphatic hydroxyl groups excluding tert-OH is 3. The van der Waals surface area contributed by atoms with Crippen molar-refractivity contribution in [2.24, 2.45) is 0 Å². The first kappa shape index (κ1) is 63.8. The summed E-state index contributed by atoms with van der Waals surface area (Å²) in [5.41, 5.74) is 0. The van der Waals surface area contributed by atoms with Crippen molar-refractivity contribution in [3.05, 3.63) is 60.8 Å². The molecular weight excluding hydrogens is 885 g/mol. The van der Waals surface area contributed by atoms with E-state index >= 15 is 0 Å². The molecule has 6 atom stereocenters. The maximum Gasteiger partial charge on any atom is 0.397 e. The van der Waals surface area contributed by atoms with Crippen LogP contribution in [0.4, 0.5) is 0 Å². The lowest BCUT2D eigenvalue weighted by atomic mass is 9.99. The van der Waals surface area contributed by atoms with Gasteiger partial charge in [-0.05, 0) is 38.5 Å². The summed E-state index contributed by atoms with van der Waals surface area (Å²) in [6, 6.07) is 0. The molecule has 0 aliphatic carbocycles. The number of carbonyl (C=O) groups excluding carboxylic acids is 1. The van der Waals surface area contributed by atoms with Gasteiger partial charge in [-0.2, -0.15) is 8.42 Å². The molecule has 4 N–H and O–H groups in total. The third-order valence-electron chi connectivity index (χ3n) is 12.2. The molecule has 13 heteroatoms. The molecule has 1 heterocycles. The number of hydrogen-bond acceptors (Lipinski definition) is 11. The van der Waals surface area contributed by atoms with Crippen LogP contribution >= 0.6 is 0 Å². The molecule has 1 fully saturated rings. The summed E-state index contributed by atoms with van der Waals surface area (Å²) in [6.45, 7) is 3.78. The zero-order valence-corrected chi connectivity index (χ0v) is 43.5. The van der Waals surface area contributed by atoms with Crippen LogP contribution in [0.15, 0.2) is 60.8 Å². The summed E-state index contributed by atoms with van der Waals surface area (Å²) in [4.78, 5) is 12.8. The summed E-state index contributed by atoms with van der Waals surface area (Å²) in [7, 11) is -5.08. The second-order valence-electron chi connectivity index (χ2n) is 18.5. The highest BCUT2D eigenvalue weighted by atomic mass is 32.3. The monoisotopic (exact) mass is 983 g/mol. The molecule has 1 aliphatic heterocycles. The number of allylic oxidation sites excluding steroid dienone is 9. The van der Waals surface area contributed by atoms with Crippen molar-refractivity contribution >= 4 is 16.4 Å². The van der Waals surface area contributed by atoms with Gasteiger partial charge in [0.15, 0.2) is 6.29 Å². The normalized spacial score (nSPS) is 19.8. The number of carbonyl (C=O) groups is 1. The van der Waals surface area contributed by atoms with E-state index in [-0.39, 0.29) is 19.6 Å². The Morgan fingerprint density at radius 3 is 1.35 bits per heavy atom. The highest BCUT2D eigenvalue weighted by molar-refractivity contribution is 7.80. The van der Waals surface area contributed by atoms with Crippen molar-refractivity contribution in [1.82, 2.24) is 0 Å². The quantitative estimate of drug-likeness (QED) is 0.0197. The Bertz CT molecular complexity index is 1410. The first-order chi connectivity index (χ1) is 33.1. The molecule has 1 rings (SSSR count). The topological polar surface area (TPSA) is 178 Å². The number of esters is 1. The van der Waals surface area contributed by atoms with Crippen molar-refractivity contribution in [3.8, 4) is 0 Å². The van der Waals surface area contributed by atoms with Crippen molar-refractivity contribution < 1.29 is 56.2 Å². The van der Waals surface area contributed by atoms with E-state index in [2.05, 4.69) is 60.6 Å². The minimum absolute atomic E-state index is 0.00331. The van der Waals surface area contributed by atoms with Gasteiger partial charge >= 0.3 is 16.4 Å². The van der Waals surface area contributed by atoms with Gasteiger partial charge in [0.05, 0.1) is 26.2 Å². The third-order valence-corrected chi connectivity index (χ3v) is 12.7. The minimum Gasteiger partial charge on any atom is -0.457 e. The lowest BCUT2D eigenvalue weighted by molar-refractivity contribution is -0.301. The number of aliphatic hydroxyl groups is 3. The van der Waals surface area contributed by atoms with Gasteiger partial charge in [-0.3, -0.25) is 9.35 Å². The summed E-state index contributed by atoms with van der Waals surface area (Å²) in [6.07, 6.45) is 50.2. The van der Waals surface area contributed by atoms with Crippen molar-refractivity contribution in [3.63, 3.8) is 0 Å². The third kappa shape index (κ3) is 38.5. The molecule has 0 spiro atoms. The lowest BCUT2D eigenvalue weighted by Crippen LogP contribution is -2.60. The van der Waals surface area contributed by atoms with Gasteiger partial charge in [0, 0.05) is 6.61 Å². The maximum absolute atomic E-state index is 12.8. The molecule has 0 radical (unpaired) electrons. The first-order valence-corrected chi connectivity index (χ1v) is 28.4. The zero-order chi connectivity index (χ0) is 49.6. The highest BCUT2D eigenvalue weighted by Gasteiger charge is 2.48.